The number of carbonyl (C=O) groups is 1. The maximum Gasteiger partial charge on any atom is 0.341 e. The summed E-state index contributed by atoms with van der Waals surface area (Å²) in [5, 5.41) is 9.63. The van der Waals surface area contributed by atoms with Crippen LogP contribution in [0.3, 0.4) is 0 Å². The van der Waals surface area contributed by atoms with E-state index in [0.717, 1.165) is 43.9 Å². The molecule has 29 heavy (non-hydrogen) atoms. The smallest absolute Gasteiger partial charge is 0.341 e. The second-order valence-corrected chi connectivity index (χ2v) is 7.35. The van der Waals surface area contributed by atoms with Crippen LogP contribution in [0.4, 0.5) is 5.82 Å². The first-order chi connectivity index (χ1) is 14.1. The summed E-state index contributed by atoms with van der Waals surface area (Å²) in [7, 11) is 0. The van der Waals surface area contributed by atoms with Crippen LogP contribution in [0.1, 0.15) is 21.5 Å². The number of aromatic nitrogens is 2. The van der Waals surface area contributed by atoms with Gasteiger partial charge in [-0.15, -0.1) is 0 Å². The number of benzene rings is 2. The van der Waals surface area contributed by atoms with E-state index in [9.17, 15) is 9.90 Å². The highest BCUT2D eigenvalue weighted by atomic mass is 16.4. The van der Waals surface area contributed by atoms with Crippen molar-refractivity contribution in [3.63, 3.8) is 0 Å². The molecule has 1 fully saturated rings. The molecule has 0 radical (unpaired) electrons. The molecule has 2 heterocycles. The van der Waals surface area contributed by atoms with Crippen LogP contribution in [0.5, 0.6) is 0 Å². The van der Waals surface area contributed by atoms with E-state index in [1.165, 1.54) is 11.8 Å². The van der Waals surface area contributed by atoms with Crippen molar-refractivity contribution in [1.82, 2.24) is 14.9 Å². The van der Waals surface area contributed by atoms with Crippen LogP contribution in [0.25, 0.3) is 11.4 Å². The largest absolute Gasteiger partial charge is 0.477 e. The average molecular weight is 388 g/mol. The molecule has 0 bridgehead atoms. The molecule has 0 saturated carbocycles. The lowest BCUT2D eigenvalue weighted by Gasteiger charge is -2.36. The first kappa shape index (κ1) is 19.1. The Morgan fingerprint density at radius 2 is 1.79 bits per heavy atom. The van der Waals surface area contributed by atoms with Crippen LogP contribution in [0.2, 0.25) is 0 Å². The predicted octanol–water partition coefficient (Wildman–Crippen LogP) is 3.47. The highest BCUT2D eigenvalue weighted by Crippen LogP contribution is 2.24. The SMILES string of the molecule is Cc1cccc(-c2ncc(C(=O)O)c(N3CCN(Cc4ccccc4)CC3)n2)c1. The zero-order valence-electron chi connectivity index (χ0n) is 16.5. The zero-order valence-corrected chi connectivity index (χ0v) is 16.5. The van der Waals surface area contributed by atoms with Gasteiger partial charge in [-0.3, -0.25) is 4.90 Å². The van der Waals surface area contributed by atoms with Gasteiger partial charge in [0.1, 0.15) is 11.4 Å². The lowest BCUT2D eigenvalue weighted by molar-refractivity contribution is 0.0696. The Morgan fingerprint density at radius 3 is 2.48 bits per heavy atom. The Hall–Kier alpha value is -3.25. The van der Waals surface area contributed by atoms with E-state index in [0.29, 0.717) is 11.6 Å². The minimum absolute atomic E-state index is 0.151. The minimum Gasteiger partial charge on any atom is -0.477 e. The highest BCUT2D eigenvalue weighted by molar-refractivity contribution is 5.93. The molecule has 1 aliphatic rings. The maximum absolute atomic E-state index is 11.8. The number of aryl methyl sites for hydroxylation is 1. The monoisotopic (exact) mass is 388 g/mol. The van der Waals surface area contributed by atoms with Crippen LogP contribution >= 0.6 is 0 Å². The molecule has 0 unspecified atom stereocenters. The molecule has 4 rings (SSSR count). The summed E-state index contributed by atoms with van der Waals surface area (Å²) in [4.78, 5) is 25.2. The van der Waals surface area contributed by atoms with E-state index in [1.807, 2.05) is 37.3 Å². The van der Waals surface area contributed by atoms with E-state index in [1.54, 1.807) is 0 Å². The first-order valence-corrected chi connectivity index (χ1v) is 9.79. The summed E-state index contributed by atoms with van der Waals surface area (Å²) in [5.74, 6) is 0.0614. The summed E-state index contributed by atoms with van der Waals surface area (Å²) in [6.07, 6.45) is 1.43. The average Bonchev–Trinajstić information content (AvgIpc) is 2.74. The molecule has 1 N–H and O–H groups in total. The van der Waals surface area contributed by atoms with Crippen molar-refractivity contribution < 1.29 is 9.90 Å². The Kier molecular flexibility index (Phi) is 5.53. The molecule has 1 aliphatic heterocycles. The van der Waals surface area contributed by atoms with E-state index in [4.69, 9.17) is 0 Å². The maximum atomic E-state index is 11.8. The number of hydrogen-bond acceptors (Lipinski definition) is 5. The van der Waals surface area contributed by atoms with Crippen LogP contribution in [-0.2, 0) is 6.54 Å². The van der Waals surface area contributed by atoms with Crippen molar-refractivity contribution in [1.29, 1.82) is 0 Å². The van der Waals surface area contributed by atoms with Crippen LogP contribution < -0.4 is 4.90 Å². The topological polar surface area (TPSA) is 69.6 Å². The van der Waals surface area contributed by atoms with Gasteiger partial charge in [-0.05, 0) is 18.6 Å². The van der Waals surface area contributed by atoms with E-state index in [2.05, 4.69) is 44.0 Å². The molecule has 0 atom stereocenters. The molecule has 1 aromatic heterocycles. The fourth-order valence-corrected chi connectivity index (χ4v) is 3.65. The summed E-state index contributed by atoms with van der Waals surface area (Å²) in [6.45, 7) is 6.10. The number of piperazine rings is 1. The highest BCUT2D eigenvalue weighted by Gasteiger charge is 2.24. The van der Waals surface area contributed by atoms with Crippen LogP contribution in [0.15, 0.2) is 60.8 Å². The van der Waals surface area contributed by atoms with Crippen molar-refractivity contribution in [3.05, 3.63) is 77.5 Å². The fraction of sp³-hybridized carbons (Fsp3) is 0.261. The first-order valence-electron chi connectivity index (χ1n) is 9.79. The summed E-state index contributed by atoms with van der Waals surface area (Å²) < 4.78 is 0. The lowest BCUT2D eigenvalue weighted by Crippen LogP contribution is -2.46. The lowest BCUT2D eigenvalue weighted by atomic mass is 10.1. The third-order valence-corrected chi connectivity index (χ3v) is 5.20. The summed E-state index contributed by atoms with van der Waals surface area (Å²) in [5.41, 5.74) is 3.45. The minimum atomic E-state index is -0.998. The second kappa shape index (κ2) is 8.41. The van der Waals surface area contributed by atoms with Crippen LogP contribution in [0, 0.1) is 6.92 Å². The summed E-state index contributed by atoms with van der Waals surface area (Å²) in [6, 6.07) is 18.3. The van der Waals surface area contributed by atoms with E-state index < -0.39 is 5.97 Å². The van der Waals surface area contributed by atoms with Gasteiger partial charge in [0.2, 0.25) is 0 Å². The number of rotatable bonds is 5. The van der Waals surface area contributed by atoms with Crippen molar-refractivity contribution in [2.45, 2.75) is 13.5 Å². The van der Waals surface area contributed by atoms with Gasteiger partial charge >= 0.3 is 5.97 Å². The van der Waals surface area contributed by atoms with Gasteiger partial charge < -0.3 is 10.0 Å². The van der Waals surface area contributed by atoms with Gasteiger partial charge in [-0.2, -0.15) is 0 Å². The van der Waals surface area contributed by atoms with Gasteiger partial charge in [-0.1, -0.05) is 54.1 Å². The number of aromatic carboxylic acids is 1. The number of carboxylic acids is 1. The molecular weight excluding hydrogens is 364 g/mol. The second-order valence-electron chi connectivity index (χ2n) is 7.35. The fourth-order valence-electron chi connectivity index (χ4n) is 3.65. The van der Waals surface area contributed by atoms with Crippen molar-refractivity contribution in [2.24, 2.45) is 0 Å². The van der Waals surface area contributed by atoms with E-state index in [-0.39, 0.29) is 5.56 Å². The van der Waals surface area contributed by atoms with Crippen LogP contribution in [-0.4, -0.2) is 52.1 Å². The van der Waals surface area contributed by atoms with Gasteiger partial charge in [0.05, 0.1) is 0 Å². The van der Waals surface area contributed by atoms with Crippen molar-refractivity contribution in [3.8, 4) is 11.4 Å². The van der Waals surface area contributed by atoms with Crippen molar-refractivity contribution >= 4 is 11.8 Å². The molecule has 148 valence electrons. The van der Waals surface area contributed by atoms with Gasteiger partial charge in [0.15, 0.2) is 5.82 Å². The predicted molar refractivity (Wildman–Crippen MR) is 113 cm³/mol. The molecular formula is C23H24N4O2. The van der Waals surface area contributed by atoms with E-state index >= 15 is 0 Å². The summed E-state index contributed by atoms with van der Waals surface area (Å²) >= 11 is 0. The molecule has 0 aliphatic carbocycles. The quantitative estimate of drug-likeness (QED) is 0.722. The third-order valence-electron chi connectivity index (χ3n) is 5.20. The molecule has 2 aromatic carbocycles. The Labute approximate surface area is 170 Å². The molecule has 6 heteroatoms. The standard InChI is InChI=1S/C23H24N4O2/c1-17-6-5-9-19(14-17)21-24-15-20(23(28)29)22(25-21)27-12-10-26(11-13-27)16-18-7-3-2-4-8-18/h2-9,14-15H,10-13,16H2,1H3,(H,28,29). The normalized spacial score (nSPS) is 14.7. The number of carboxylic acid groups (broad SMARTS) is 1. The Balaban J connectivity index is 1.54. The number of anilines is 1. The molecule has 3 aromatic rings. The van der Waals surface area contributed by atoms with Gasteiger partial charge in [0, 0.05) is 44.5 Å². The van der Waals surface area contributed by atoms with Gasteiger partial charge in [-0.25, -0.2) is 14.8 Å². The Bertz CT molecular complexity index is 999. The number of nitrogens with zero attached hydrogens (tertiary/aromatic N) is 4. The zero-order chi connectivity index (χ0) is 20.2. The molecule has 1 saturated heterocycles. The third kappa shape index (κ3) is 4.43. The molecule has 0 spiro atoms. The Morgan fingerprint density at radius 1 is 1.03 bits per heavy atom. The molecule has 0 amide bonds. The van der Waals surface area contributed by atoms with Gasteiger partial charge in [0.25, 0.3) is 0 Å². The number of hydrogen-bond donors (Lipinski definition) is 1. The van der Waals surface area contributed by atoms with Crippen molar-refractivity contribution in [2.75, 3.05) is 31.1 Å². The molecule has 6 nitrogen and oxygen atoms in total.